The van der Waals surface area contributed by atoms with Crippen LogP contribution >= 0.6 is 0 Å². The molecule has 0 fully saturated rings. The van der Waals surface area contributed by atoms with Gasteiger partial charge in [-0.1, -0.05) is 36.8 Å². The molecule has 1 N–H and O–H groups in total. The maximum absolute atomic E-state index is 12.5. The van der Waals surface area contributed by atoms with Crippen LogP contribution in [-0.4, -0.2) is 28.0 Å². The van der Waals surface area contributed by atoms with Crippen LogP contribution in [0, 0.1) is 13.8 Å². The third-order valence-electron chi connectivity index (χ3n) is 5.22. The van der Waals surface area contributed by atoms with Gasteiger partial charge in [0.05, 0.1) is 22.6 Å². The van der Waals surface area contributed by atoms with Gasteiger partial charge in [0, 0.05) is 6.54 Å². The molecule has 7 heteroatoms. The molecule has 0 spiro atoms. The van der Waals surface area contributed by atoms with Gasteiger partial charge < -0.3 is 14.6 Å². The van der Waals surface area contributed by atoms with Gasteiger partial charge in [-0.15, -0.1) is 0 Å². The molecule has 0 aliphatic heterocycles. The minimum atomic E-state index is -0.617. The van der Waals surface area contributed by atoms with Gasteiger partial charge in [-0.3, -0.25) is 9.59 Å². The summed E-state index contributed by atoms with van der Waals surface area (Å²) in [6.45, 7) is 7.63. The molecule has 1 heterocycles. The first kappa shape index (κ1) is 22.2. The molecule has 0 saturated carbocycles. The maximum Gasteiger partial charge on any atom is 0.338 e. The van der Waals surface area contributed by atoms with Crippen LogP contribution in [0.3, 0.4) is 0 Å². The number of aromatic nitrogens is 2. The van der Waals surface area contributed by atoms with E-state index in [0.29, 0.717) is 23.3 Å². The average Bonchev–Trinajstić information content (AvgIpc) is 2.77. The number of carbonyl (C=O) groups is 2. The number of hydrogen-bond donors (Lipinski definition) is 1. The Bertz CT molecular complexity index is 1170. The molecule has 0 aliphatic rings. The molecule has 2 aromatic carbocycles. The summed E-state index contributed by atoms with van der Waals surface area (Å²) in [7, 11) is 0. The molecule has 3 rings (SSSR count). The van der Waals surface area contributed by atoms with Gasteiger partial charge in [0.2, 0.25) is 0 Å². The van der Waals surface area contributed by atoms with Crippen molar-refractivity contribution in [3.63, 3.8) is 0 Å². The van der Waals surface area contributed by atoms with Crippen LogP contribution in [0.5, 0.6) is 0 Å². The zero-order valence-corrected chi connectivity index (χ0v) is 18.3. The van der Waals surface area contributed by atoms with Gasteiger partial charge in [0.1, 0.15) is 5.69 Å². The van der Waals surface area contributed by atoms with Crippen molar-refractivity contribution in [2.24, 2.45) is 0 Å². The summed E-state index contributed by atoms with van der Waals surface area (Å²) in [5.41, 5.74) is 3.82. The fourth-order valence-electron chi connectivity index (χ4n) is 3.49. The first-order valence-electron chi connectivity index (χ1n) is 10.4. The number of nitrogens with zero attached hydrogens (tertiary/aromatic N) is 2. The van der Waals surface area contributed by atoms with Crippen molar-refractivity contribution in [3.05, 3.63) is 75.2 Å². The second-order valence-electron chi connectivity index (χ2n) is 7.47. The molecule has 7 nitrogen and oxygen atoms in total. The van der Waals surface area contributed by atoms with E-state index in [2.05, 4.69) is 10.3 Å². The fourth-order valence-corrected chi connectivity index (χ4v) is 3.49. The Balaban J connectivity index is 1.67. The molecular formula is C24H27N3O4. The van der Waals surface area contributed by atoms with Crippen LogP contribution < -0.4 is 10.9 Å². The lowest BCUT2D eigenvalue weighted by Gasteiger charge is -2.17. The largest absolute Gasteiger partial charge is 0.452 e. The Hall–Kier alpha value is -3.48. The first-order valence-corrected chi connectivity index (χ1v) is 10.4. The molecule has 0 bridgehead atoms. The summed E-state index contributed by atoms with van der Waals surface area (Å²) in [4.78, 5) is 41.3. The second-order valence-corrected chi connectivity index (χ2v) is 7.47. The summed E-state index contributed by atoms with van der Waals surface area (Å²) in [5.74, 6) is -0.982. The van der Waals surface area contributed by atoms with Crippen molar-refractivity contribution in [1.82, 2.24) is 14.9 Å². The molecule has 162 valence electrons. The molecule has 31 heavy (non-hydrogen) atoms. The van der Waals surface area contributed by atoms with E-state index in [0.717, 1.165) is 17.5 Å². The van der Waals surface area contributed by atoms with E-state index in [1.54, 1.807) is 29.7 Å². The van der Waals surface area contributed by atoms with Crippen LogP contribution in [0.15, 0.2) is 47.3 Å². The molecule has 0 saturated heterocycles. The topological polar surface area (TPSA) is 90.3 Å². The van der Waals surface area contributed by atoms with E-state index < -0.39 is 5.97 Å². The number of ether oxygens (including phenoxy) is 1. The van der Waals surface area contributed by atoms with Gasteiger partial charge in [0.25, 0.3) is 11.5 Å². The normalized spacial score (nSPS) is 11.9. The summed E-state index contributed by atoms with van der Waals surface area (Å²) in [6.07, 6.45) is 0.720. The van der Waals surface area contributed by atoms with E-state index >= 15 is 0 Å². The monoisotopic (exact) mass is 421 g/mol. The van der Waals surface area contributed by atoms with Crippen LogP contribution in [0.25, 0.3) is 11.0 Å². The first-order chi connectivity index (χ1) is 14.8. The zero-order chi connectivity index (χ0) is 22.5. The molecule has 0 aliphatic carbocycles. The number of nitrogens with one attached hydrogen (secondary N) is 1. The Morgan fingerprint density at radius 2 is 1.81 bits per heavy atom. The Kier molecular flexibility index (Phi) is 6.84. The van der Waals surface area contributed by atoms with Crippen molar-refractivity contribution >= 4 is 22.9 Å². The van der Waals surface area contributed by atoms with Crippen molar-refractivity contribution in [1.29, 1.82) is 0 Å². The number of aryl methyl sites for hydroxylation is 3. The van der Waals surface area contributed by atoms with Crippen LogP contribution in [0.4, 0.5) is 0 Å². The summed E-state index contributed by atoms with van der Waals surface area (Å²) in [5, 5.41) is 2.90. The molecule has 0 radical (unpaired) electrons. The number of esters is 1. The SMILES string of the molecule is CC[C@@H](NC(=O)COC(=O)c1ccc2c(c1)nc(C)c(=O)n2CC)c1ccc(C)cc1. The number of benzene rings is 2. The highest BCUT2D eigenvalue weighted by Gasteiger charge is 2.16. The minimum absolute atomic E-state index is 0.148. The summed E-state index contributed by atoms with van der Waals surface area (Å²) < 4.78 is 6.81. The molecule has 0 unspecified atom stereocenters. The van der Waals surface area contributed by atoms with E-state index in [4.69, 9.17) is 4.74 Å². The van der Waals surface area contributed by atoms with Gasteiger partial charge >= 0.3 is 5.97 Å². The third kappa shape index (κ3) is 4.99. The minimum Gasteiger partial charge on any atom is -0.452 e. The predicted octanol–water partition coefficient (Wildman–Crippen LogP) is 3.46. The quantitative estimate of drug-likeness (QED) is 0.590. The Morgan fingerprint density at radius 1 is 1.10 bits per heavy atom. The van der Waals surface area contributed by atoms with Gasteiger partial charge in [0.15, 0.2) is 6.61 Å². The van der Waals surface area contributed by atoms with Crippen molar-refractivity contribution in [3.8, 4) is 0 Å². The van der Waals surface area contributed by atoms with Crippen molar-refractivity contribution in [2.45, 2.75) is 46.7 Å². The van der Waals surface area contributed by atoms with E-state index in [9.17, 15) is 14.4 Å². The molecule has 1 atom stereocenters. The summed E-state index contributed by atoms with van der Waals surface area (Å²) in [6, 6.07) is 12.6. The highest BCUT2D eigenvalue weighted by molar-refractivity contribution is 5.94. The fraction of sp³-hybridized carbons (Fsp3) is 0.333. The highest BCUT2D eigenvalue weighted by Crippen LogP contribution is 2.17. The number of fused-ring (bicyclic) bond motifs is 1. The summed E-state index contributed by atoms with van der Waals surface area (Å²) >= 11 is 0. The van der Waals surface area contributed by atoms with Gasteiger partial charge in [-0.05, 0) is 51.0 Å². The van der Waals surface area contributed by atoms with Crippen LogP contribution in [-0.2, 0) is 16.1 Å². The molecular weight excluding hydrogens is 394 g/mol. The van der Waals surface area contributed by atoms with Crippen molar-refractivity contribution < 1.29 is 14.3 Å². The van der Waals surface area contributed by atoms with Gasteiger partial charge in [-0.25, -0.2) is 9.78 Å². The number of amides is 1. The number of rotatable bonds is 7. The molecule has 1 amide bonds. The lowest BCUT2D eigenvalue weighted by atomic mass is 10.0. The second kappa shape index (κ2) is 9.55. The predicted molar refractivity (Wildman–Crippen MR) is 119 cm³/mol. The highest BCUT2D eigenvalue weighted by atomic mass is 16.5. The maximum atomic E-state index is 12.5. The standard InChI is InChI=1S/C24H27N3O4/c1-5-19(17-9-7-15(3)8-10-17)26-22(28)14-31-24(30)18-11-12-21-20(13-18)25-16(4)23(29)27(21)6-2/h7-13,19H,5-6,14H2,1-4H3,(H,26,28)/t19-/m1/s1. The third-order valence-corrected chi connectivity index (χ3v) is 5.22. The smallest absolute Gasteiger partial charge is 0.338 e. The zero-order valence-electron chi connectivity index (χ0n) is 18.3. The lowest BCUT2D eigenvalue weighted by molar-refractivity contribution is -0.125. The number of hydrogen-bond acceptors (Lipinski definition) is 5. The molecule has 1 aromatic heterocycles. The van der Waals surface area contributed by atoms with Crippen molar-refractivity contribution in [2.75, 3.05) is 6.61 Å². The van der Waals surface area contributed by atoms with E-state index in [1.165, 1.54) is 0 Å². The number of carbonyl (C=O) groups excluding carboxylic acids is 2. The van der Waals surface area contributed by atoms with Crippen LogP contribution in [0.2, 0.25) is 0 Å². The van der Waals surface area contributed by atoms with E-state index in [-0.39, 0.29) is 29.7 Å². The van der Waals surface area contributed by atoms with Crippen LogP contribution in [0.1, 0.15) is 53.5 Å². The van der Waals surface area contributed by atoms with Gasteiger partial charge in [-0.2, -0.15) is 0 Å². The Morgan fingerprint density at radius 3 is 2.45 bits per heavy atom. The molecule has 3 aromatic rings. The average molecular weight is 421 g/mol. The van der Waals surface area contributed by atoms with E-state index in [1.807, 2.05) is 45.0 Å². The lowest BCUT2D eigenvalue weighted by Crippen LogP contribution is -2.32. The Labute approximate surface area is 181 Å².